The van der Waals surface area contributed by atoms with Crippen molar-refractivity contribution in [2.45, 2.75) is 12.5 Å². The topological polar surface area (TPSA) is 58.4 Å². The zero-order valence-electron chi connectivity index (χ0n) is 10.7. The Bertz CT molecular complexity index is 641. The number of likely N-dealkylation sites (tertiary alicyclic amines) is 1. The van der Waals surface area contributed by atoms with Gasteiger partial charge < -0.3 is 10.0 Å². The molecule has 20 heavy (non-hydrogen) atoms. The lowest BCUT2D eigenvalue weighted by molar-refractivity contribution is 0.0765. The summed E-state index contributed by atoms with van der Waals surface area (Å²) in [6.07, 6.45) is 3.43. The molecular weight excluding hydrogens is 278 g/mol. The van der Waals surface area contributed by atoms with Crippen LogP contribution in [-0.2, 0) is 0 Å². The lowest BCUT2D eigenvalue weighted by Crippen LogP contribution is -2.29. The number of amides is 1. The van der Waals surface area contributed by atoms with Crippen LogP contribution in [0.15, 0.2) is 36.7 Å². The van der Waals surface area contributed by atoms with E-state index in [4.69, 9.17) is 11.6 Å². The summed E-state index contributed by atoms with van der Waals surface area (Å²) < 4.78 is 1.62. The molecule has 5 nitrogen and oxygen atoms in total. The molecule has 0 saturated carbocycles. The van der Waals surface area contributed by atoms with Crippen LogP contribution in [0.25, 0.3) is 5.69 Å². The van der Waals surface area contributed by atoms with Gasteiger partial charge in [-0.05, 0) is 24.6 Å². The van der Waals surface area contributed by atoms with Crippen molar-refractivity contribution < 1.29 is 9.90 Å². The number of nitrogens with zero attached hydrogens (tertiary/aromatic N) is 3. The van der Waals surface area contributed by atoms with Crippen molar-refractivity contribution in [3.63, 3.8) is 0 Å². The van der Waals surface area contributed by atoms with E-state index in [9.17, 15) is 9.90 Å². The number of aromatic nitrogens is 2. The van der Waals surface area contributed by atoms with Crippen LogP contribution in [0.3, 0.4) is 0 Å². The van der Waals surface area contributed by atoms with Crippen LogP contribution >= 0.6 is 11.6 Å². The van der Waals surface area contributed by atoms with Crippen LogP contribution in [-0.4, -0.2) is 44.9 Å². The molecule has 2 aromatic rings. The number of aliphatic hydroxyl groups is 1. The van der Waals surface area contributed by atoms with Gasteiger partial charge in [0.1, 0.15) is 0 Å². The lowest BCUT2D eigenvalue weighted by atomic mass is 10.3. The van der Waals surface area contributed by atoms with Crippen LogP contribution in [0, 0.1) is 0 Å². The van der Waals surface area contributed by atoms with E-state index in [0.29, 0.717) is 30.1 Å². The number of benzene rings is 1. The third-order valence-corrected chi connectivity index (χ3v) is 3.59. The number of hydrogen-bond acceptors (Lipinski definition) is 3. The van der Waals surface area contributed by atoms with Crippen molar-refractivity contribution in [1.82, 2.24) is 14.7 Å². The first-order valence-electron chi connectivity index (χ1n) is 6.41. The van der Waals surface area contributed by atoms with E-state index in [-0.39, 0.29) is 5.91 Å². The molecule has 0 unspecified atom stereocenters. The molecule has 0 spiro atoms. The fourth-order valence-corrected chi connectivity index (χ4v) is 2.49. The van der Waals surface area contributed by atoms with Crippen molar-refractivity contribution in [3.8, 4) is 5.69 Å². The molecule has 1 aromatic heterocycles. The van der Waals surface area contributed by atoms with Gasteiger partial charge in [-0.1, -0.05) is 17.7 Å². The Morgan fingerprint density at radius 2 is 2.30 bits per heavy atom. The van der Waals surface area contributed by atoms with E-state index < -0.39 is 6.10 Å². The highest BCUT2D eigenvalue weighted by molar-refractivity contribution is 6.30. The number of carbonyl (C=O) groups is 1. The van der Waals surface area contributed by atoms with Crippen LogP contribution in [0.4, 0.5) is 0 Å². The molecule has 6 heteroatoms. The molecule has 1 aliphatic heterocycles. The monoisotopic (exact) mass is 291 g/mol. The summed E-state index contributed by atoms with van der Waals surface area (Å²) in [6, 6.07) is 7.26. The summed E-state index contributed by atoms with van der Waals surface area (Å²) in [5, 5.41) is 14.3. The van der Waals surface area contributed by atoms with Gasteiger partial charge in [-0.15, -0.1) is 0 Å². The van der Waals surface area contributed by atoms with Gasteiger partial charge in [0.05, 0.1) is 23.6 Å². The van der Waals surface area contributed by atoms with E-state index in [1.165, 1.54) is 6.20 Å². The Kier molecular flexibility index (Phi) is 3.46. The van der Waals surface area contributed by atoms with Gasteiger partial charge in [0.2, 0.25) is 0 Å². The fourth-order valence-electron chi connectivity index (χ4n) is 2.30. The number of hydrogen-bond donors (Lipinski definition) is 1. The molecule has 1 amide bonds. The molecule has 1 fully saturated rings. The van der Waals surface area contributed by atoms with Gasteiger partial charge in [0.15, 0.2) is 0 Å². The van der Waals surface area contributed by atoms with E-state index in [0.717, 1.165) is 5.69 Å². The Morgan fingerprint density at radius 1 is 1.45 bits per heavy atom. The maximum Gasteiger partial charge on any atom is 0.257 e. The molecule has 1 N–H and O–H groups in total. The van der Waals surface area contributed by atoms with Gasteiger partial charge >= 0.3 is 0 Å². The highest BCUT2D eigenvalue weighted by Gasteiger charge is 2.26. The van der Waals surface area contributed by atoms with Gasteiger partial charge in [-0.25, -0.2) is 4.68 Å². The van der Waals surface area contributed by atoms with Crippen LogP contribution < -0.4 is 0 Å². The first-order chi connectivity index (χ1) is 9.63. The molecule has 0 radical (unpaired) electrons. The Labute approximate surface area is 121 Å². The molecule has 0 aliphatic carbocycles. The fraction of sp³-hybridized carbons (Fsp3) is 0.286. The first kappa shape index (κ1) is 13.1. The largest absolute Gasteiger partial charge is 0.391 e. The summed E-state index contributed by atoms with van der Waals surface area (Å²) in [5.74, 6) is -0.102. The summed E-state index contributed by atoms with van der Waals surface area (Å²) >= 11 is 5.94. The SMILES string of the molecule is O=C(c1cnn(-c2cccc(Cl)c2)c1)N1CC[C@@H](O)C1. The van der Waals surface area contributed by atoms with E-state index in [1.807, 2.05) is 12.1 Å². The maximum absolute atomic E-state index is 12.2. The third-order valence-electron chi connectivity index (χ3n) is 3.35. The minimum Gasteiger partial charge on any atom is -0.391 e. The normalized spacial score (nSPS) is 18.5. The molecule has 0 bridgehead atoms. The first-order valence-corrected chi connectivity index (χ1v) is 6.79. The van der Waals surface area contributed by atoms with Crippen LogP contribution in [0.1, 0.15) is 16.8 Å². The van der Waals surface area contributed by atoms with Gasteiger partial charge in [0, 0.05) is 24.3 Å². The molecule has 1 atom stereocenters. The van der Waals surface area contributed by atoms with E-state index >= 15 is 0 Å². The minimum atomic E-state index is -0.415. The predicted molar refractivity (Wildman–Crippen MR) is 75.1 cm³/mol. The Hall–Kier alpha value is -1.85. The second kappa shape index (κ2) is 5.26. The molecular formula is C14H14ClN3O2. The molecule has 1 aliphatic rings. The van der Waals surface area contributed by atoms with E-state index in [1.54, 1.807) is 27.9 Å². The second-order valence-electron chi connectivity index (χ2n) is 4.85. The summed E-state index contributed by atoms with van der Waals surface area (Å²) in [5.41, 5.74) is 1.32. The van der Waals surface area contributed by atoms with Crippen molar-refractivity contribution in [3.05, 3.63) is 47.2 Å². The quantitative estimate of drug-likeness (QED) is 0.917. The van der Waals surface area contributed by atoms with Gasteiger partial charge in [-0.2, -0.15) is 5.10 Å². The summed E-state index contributed by atoms with van der Waals surface area (Å²) in [4.78, 5) is 13.9. The smallest absolute Gasteiger partial charge is 0.257 e. The highest BCUT2D eigenvalue weighted by atomic mass is 35.5. The molecule has 2 heterocycles. The standard InChI is InChI=1S/C14H14ClN3O2/c15-11-2-1-3-12(6-11)18-8-10(7-16-18)14(20)17-5-4-13(19)9-17/h1-3,6-8,13,19H,4-5,9H2/t13-/m1/s1. The third kappa shape index (κ3) is 2.55. The zero-order valence-corrected chi connectivity index (χ0v) is 11.5. The Balaban J connectivity index is 1.81. The molecule has 3 rings (SSSR count). The number of halogens is 1. The molecule has 1 saturated heterocycles. The number of carbonyl (C=O) groups excluding carboxylic acids is 1. The summed E-state index contributed by atoms with van der Waals surface area (Å²) in [7, 11) is 0. The summed E-state index contributed by atoms with van der Waals surface area (Å²) in [6.45, 7) is 0.976. The number of β-amino-alcohol motifs (C(OH)–C–C–N with tert-alkyl or cyclic N) is 1. The predicted octanol–water partition coefficient (Wildman–Crippen LogP) is 1.73. The minimum absolute atomic E-state index is 0.102. The molecule has 1 aromatic carbocycles. The lowest BCUT2D eigenvalue weighted by Gasteiger charge is -2.13. The van der Waals surface area contributed by atoms with Crippen molar-refractivity contribution in [1.29, 1.82) is 0 Å². The van der Waals surface area contributed by atoms with Crippen molar-refractivity contribution in [2.24, 2.45) is 0 Å². The second-order valence-corrected chi connectivity index (χ2v) is 5.28. The zero-order chi connectivity index (χ0) is 14.1. The number of aliphatic hydroxyl groups excluding tert-OH is 1. The molecule has 104 valence electrons. The van der Waals surface area contributed by atoms with Gasteiger partial charge in [0.25, 0.3) is 5.91 Å². The van der Waals surface area contributed by atoms with Gasteiger partial charge in [-0.3, -0.25) is 4.79 Å². The Morgan fingerprint density at radius 3 is 3.00 bits per heavy atom. The van der Waals surface area contributed by atoms with Crippen molar-refractivity contribution >= 4 is 17.5 Å². The van der Waals surface area contributed by atoms with Crippen molar-refractivity contribution in [2.75, 3.05) is 13.1 Å². The average Bonchev–Trinajstić information content (AvgIpc) is 3.07. The van der Waals surface area contributed by atoms with Crippen LogP contribution in [0.5, 0.6) is 0 Å². The van der Waals surface area contributed by atoms with E-state index in [2.05, 4.69) is 5.10 Å². The average molecular weight is 292 g/mol. The maximum atomic E-state index is 12.2. The number of rotatable bonds is 2. The van der Waals surface area contributed by atoms with Crippen LogP contribution in [0.2, 0.25) is 5.02 Å². The highest BCUT2D eigenvalue weighted by Crippen LogP contribution is 2.17.